The zero-order chi connectivity index (χ0) is 10.4. The largest absolute Gasteiger partial charge is 0.492 e. The number of methoxy groups -OCH3 is 2. The molecular formula is C12H10O3. The van der Waals surface area contributed by atoms with Crippen LogP contribution in [0.4, 0.5) is 0 Å². The van der Waals surface area contributed by atoms with Crippen LogP contribution in [0.5, 0.6) is 23.0 Å². The Balaban J connectivity index is 2.44. The average Bonchev–Trinajstić information content (AvgIpc) is 3.07. The van der Waals surface area contributed by atoms with Gasteiger partial charge in [0, 0.05) is 10.8 Å². The summed E-state index contributed by atoms with van der Waals surface area (Å²) in [7, 11) is 3.26. The summed E-state index contributed by atoms with van der Waals surface area (Å²) >= 11 is 0. The van der Waals surface area contributed by atoms with Crippen molar-refractivity contribution in [1.29, 1.82) is 0 Å². The first-order valence-corrected chi connectivity index (χ1v) is 4.71. The number of hydrogen-bond acceptors (Lipinski definition) is 3. The van der Waals surface area contributed by atoms with Gasteiger partial charge in [-0.15, -0.1) is 0 Å². The van der Waals surface area contributed by atoms with Crippen molar-refractivity contribution in [2.75, 3.05) is 14.2 Å². The smallest absolute Gasteiger partial charge is 0.216 e. The van der Waals surface area contributed by atoms with Crippen LogP contribution in [0.3, 0.4) is 0 Å². The lowest BCUT2D eigenvalue weighted by Gasteiger charge is -2.07. The Morgan fingerprint density at radius 3 is 2.20 bits per heavy atom. The van der Waals surface area contributed by atoms with Gasteiger partial charge in [0.25, 0.3) is 0 Å². The molecule has 0 atom stereocenters. The van der Waals surface area contributed by atoms with E-state index in [1.54, 1.807) is 14.2 Å². The summed E-state index contributed by atoms with van der Waals surface area (Å²) in [6, 6.07) is 7.97. The van der Waals surface area contributed by atoms with E-state index in [-0.39, 0.29) is 0 Å². The lowest BCUT2D eigenvalue weighted by Crippen LogP contribution is -1.89. The van der Waals surface area contributed by atoms with Crippen LogP contribution in [0.15, 0.2) is 24.3 Å². The van der Waals surface area contributed by atoms with Gasteiger partial charge in [-0.1, -0.05) is 24.3 Å². The third kappa shape index (κ3) is 1.00. The van der Waals surface area contributed by atoms with E-state index in [2.05, 4.69) is 0 Å². The van der Waals surface area contributed by atoms with Crippen molar-refractivity contribution < 1.29 is 14.2 Å². The van der Waals surface area contributed by atoms with Gasteiger partial charge >= 0.3 is 0 Å². The van der Waals surface area contributed by atoms with Gasteiger partial charge in [0.05, 0.1) is 14.2 Å². The van der Waals surface area contributed by atoms with Gasteiger partial charge in [-0.05, 0) is 0 Å². The van der Waals surface area contributed by atoms with E-state index < -0.39 is 0 Å². The molecule has 2 aromatic carbocycles. The lowest BCUT2D eigenvalue weighted by atomic mass is 10.1. The maximum Gasteiger partial charge on any atom is 0.216 e. The highest BCUT2D eigenvalue weighted by Gasteiger charge is 2.33. The fourth-order valence-electron chi connectivity index (χ4n) is 1.90. The van der Waals surface area contributed by atoms with E-state index in [1.807, 2.05) is 24.3 Å². The first-order chi connectivity index (χ1) is 7.36. The summed E-state index contributed by atoms with van der Waals surface area (Å²) in [4.78, 5) is 0. The molecule has 1 aliphatic rings. The van der Waals surface area contributed by atoms with Crippen LogP contribution in [0.1, 0.15) is 0 Å². The van der Waals surface area contributed by atoms with Crippen molar-refractivity contribution in [2.45, 2.75) is 0 Å². The second-order valence-corrected chi connectivity index (χ2v) is 3.37. The molecule has 0 fully saturated rings. The number of hydrogen-bond donors (Lipinski definition) is 0. The van der Waals surface area contributed by atoms with Crippen LogP contribution in [0.2, 0.25) is 0 Å². The molecule has 0 saturated carbocycles. The monoisotopic (exact) mass is 202 g/mol. The molecule has 0 radical (unpaired) electrons. The van der Waals surface area contributed by atoms with Gasteiger partial charge in [0.2, 0.25) is 11.5 Å². The lowest BCUT2D eigenvalue weighted by molar-refractivity contribution is 0.355. The van der Waals surface area contributed by atoms with Crippen LogP contribution in [0.25, 0.3) is 10.8 Å². The molecule has 0 bridgehead atoms. The second-order valence-electron chi connectivity index (χ2n) is 3.37. The van der Waals surface area contributed by atoms with Gasteiger partial charge in [-0.2, -0.15) is 0 Å². The van der Waals surface area contributed by atoms with Crippen molar-refractivity contribution >= 4 is 10.8 Å². The Morgan fingerprint density at radius 2 is 1.53 bits per heavy atom. The summed E-state index contributed by atoms with van der Waals surface area (Å²) in [5.74, 6) is 3.13. The SMILES string of the molecule is COc1c2c(c3ccccc3c1OC)O2. The van der Waals surface area contributed by atoms with Crippen molar-refractivity contribution in [2.24, 2.45) is 0 Å². The van der Waals surface area contributed by atoms with Gasteiger partial charge in [-0.3, -0.25) is 0 Å². The molecule has 0 unspecified atom stereocenters. The summed E-state index contributed by atoms with van der Waals surface area (Å²) in [5, 5.41) is 2.10. The quantitative estimate of drug-likeness (QED) is 0.598. The molecule has 2 aromatic rings. The van der Waals surface area contributed by atoms with E-state index in [4.69, 9.17) is 14.2 Å². The highest BCUT2D eigenvalue weighted by atomic mass is 16.6. The summed E-state index contributed by atoms with van der Waals surface area (Å²) in [6.07, 6.45) is 0. The topological polar surface area (TPSA) is 31.0 Å². The van der Waals surface area contributed by atoms with E-state index in [9.17, 15) is 0 Å². The molecule has 76 valence electrons. The highest BCUT2D eigenvalue weighted by molar-refractivity contribution is 6.02. The van der Waals surface area contributed by atoms with Gasteiger partial charge in [0.1, 0.15) is 0 Å². The first-order valence-electron chi connectivity index (χ1n) is 4.71. The Hall–Kier alpha value is -1.90. The van der Waals surface area contributed by atoms with Crippen molar-refractivity contribution in [1.82, 2.24) is 0 Å². The Morgan fingerprint density at radius 1 is 0.867 bits per heavy atom. The van der Waals surface area contributed by atoms with Crippen LogP contribution in [-0.2, 0) is 0 Å². The van der Waals surface area contributed by atoms with E-state index in [1.165, 1.54) is 0 Å². The molecule has 15 heavy (non-hydrogen) atoms. The third-order valence-corrected chi connectivity index (χ3v) is 2.61. The zero-order valence-corrected chi connectivity index (χ0v) is 8.53. The molecule has 0 saturated heterocycles. The fraction of sp³-hybridized carbons (Fsp3) is 0.167. The summed E-state index contributed by atoms with van der Waals surface area (Å²) < 4.78 is 16.0. The van der Waals surface area contributed by atoms with Crippen LogP contribution >= 0.6 is 0 Å². The van der Waals surface area contributed by atoms with Crippen LogP contribution < -0.4 is 14.2 Å². The molecule has 1 aliphatic heterocycles. The van der Waals surface area contributed by atoms with Crippen LogP contribution in [-0.4, -0.2) is 14.2 Å². The standard InChI is InChI=1S/C12H10O3/c1-13-9-7-5-3-4-6-8(7)10-12(15-10)11(9)14-2/h3-6H,1-2H3. The average molecular weight is 202 g/mol. The van der Waals surface area contributed by atoms with Gasteiger partial charge in [-0.25, -0.2) is 0 Å². The van der Waals surface area contributed by atoms with Crippen LogP contribution in [0, 0.1) is 0 Å². The van der Waals surface area contributed by atoms with E-state index in [0.717, 1.165) is 28.0 Å². The Bertz CT molecular complexity index is 546. The molecule has 1 heterocycles. The zero-order valence-electron chi connectivity index (χ0n) is 8.53. The number of ether oxygens (including phenoxy) is 3. The normalized spacial score (nSPS) is 11.9. The fourth-order valence-corrected chi connectivity index (χ4v) is 1.90. The van der Waals surface area contributed by atoms with Crippen molar-refractivity contribution in [3.63, 3.8) is 0 Å². The molecule has 3 heteroatoms. The number of benzene rings is 2. The molecule has 3 nitrogen and oxygen atoms in total. The molecule has 0 aromatic heterocycles. The molecule has 0 N–H and O–H groups in total. The van der Waals surface area contributed by atoms with Crippen molar-refractivity contribution in [3.8, 4) is 23.0 Å². The minimum Gasteiger partial charge on any atom is -0.492 e. The minimum absolute atomic E-state index is 0.686. The first kappa shape index (κ1) is 8.41. The maximum atomic E-state index is 5.41. The molecular weight excluding hydrogens is 192 g/mol. The molecule has 3 rings (SSSR count). The summed E-state index contributed by atoms with van der Waals surface area (Å²) in [5.41, 5.74) is 0. The van der Waals surface area contributed by atoms with Crippen molar-refractivity contribution in [3.05, 3.63) is 24.3 Å². The van der Waals surface area contributed by atoms with E-state index >= 15 is 0 Å². The predicted molar refractivity (Wildman–Crippen MR) is 57.1 cm³/mol. The highest BCUT2D eigenvalue weighted by Crippen LogP contribution is 2.61. The minimum atomic E-state index is 0.686. The Labute approximate surface area is 87.2 Å². The molecule has 0 amide bonds. The molecule has 0 spiro atoms. The van der Waals surface area contributed by atoms with Gasteiger partial charge < -0.3 is 14.2 Å². The van der Waals surface area contributed by atoms with E-state index in [0.29, 0.717) is 5.75 Å². The maximum absolute atomic E-state index is 5.41. The van der Waals surface area contributed by atoms with Gasteiger partial charge in [0.15, 0.2) is 11.5 Å². The Kier molecular flexibility index (Phi) is 1.57. The third-order valence-electron chi connectivity index (χ3n) is 2.61. The molecule has 0 aliphatic carbocycles. The number of rotatable bonds is 2. The summed E-state index contributed by atoms with van der Waals surface area (Å²) in [6.45, 7) is 0. The predicted octanol–water partition coefficient (Wildman–Crippen LogP) is 2.96. The second kappa shape index (κ2) is 2.79. The number of fused-ring (bicyclic) bond motifs is 3.